The third-order valence-electron chi connectivity index (χ3n) is 10.0. The number of esters is 2. The molecule has 0 aromatic heterocycles. The Morgan fingerprint density at radius 3 is 1.36 bits per heavy atom. The van der Waals surface area contributed by atoms with Gasteiger partial charge in [-0.2, -0.15) is 0 Å². The van der Waals surface area contributed by atoms with E-state index in [0.29, 0.717) is 17.4 Å². The molecule has 2 atom stereocenters. The molecule has 1 unspecified atom stereocenters. The summed E-state index contributed by atoms with van der Waals surface area (Å²) in [5.41, 5.74) is 0. The van der Waals surface area contributed by atoms with E-state index in [9.17, 15) is 19.0 Å². The number of carbonyl (C=O) groups excluding carboxylic acids is 2. The largest absolute Gasteiger partial charge is 0.756 e. The van der Waals surface area contributed by atoms with Crippen molar-refractivity contribution in [2.45, 2.75) is 219 Å². The van der Waals surface area contributed by atoms with E-state index < -0.39 is 26.5 Å². The van der Waals surface area contributed by atoms with Crippen molar-refractivity contribution < 1.29 is 42.1 Å². The Morgan fingerprint density at radius 1 is 0.545 bits per heavy atom. The fourth-order valence-electron chi connectivity index (χ4n) is 6.41. The predicted octanol–water partition coefficient (Wildman–Crippen LogP) is 12.3. The topological polar surface area (TPSA) is 111 Å². The summed E-state index contributed by atoms with van der Waals surface area (Å²) in [5, 5.41) is 0. The van der Waals surface area contributed by atoms with Gasteiger partial charge in [-0.3, -0.25) is 14.2 Å². The molecule has 0 heterocycles. The van der Waals surface area contributed by atoms with Gasteiger partial charge in [0.1, 0.15) is 19.8 Å². The van der Waals surface area contributed by atoms with Crippen molar-refractivity contribution in [1.29, 1.82) is 0 Å². The minimum Gasteiger partial charge on any atom is -0.756 e. The monoisotopic (exact) mass is 802 g/mol. The highest BCUT2D eigenvalue weighted by Crippen LogP contribution is 2.38. The quantitative estimate of drug-likeness (QED) is 0.0197. The third kappa shape index (κ3) is 42.2. The lowest BCUT2D eigenvalue weighted by Gasteiger charge is -2.28. The van der Waals surface area contributed by atoms with Gasteiger partial charge in [0.05, 0.1) is 27.7 Å². The number of hydrogen-bond acceptors (Lipinski definition) is 8. The summed E-state index contributed by atoms with van der Waals surface area (Å²) in [6, 6.07) is 0. The fourth-order valence-corrected chi connectivity index (χ4v) is 7.14. The van der Waals surface area contributed by atoms with Crippen molar-refractivity contribution in [2.75, 3.05) is 47.5 Å². The van der Waals surface area contributed by atoms with Gasteiger partial charge in [0.25, 0.3) is 7.82 Å². The molecule has 0 aliphatic heterocycles. The number of quaternary nitrogens is 1. The van der Waals surface area contributed by atoms with Crippen molar-refractivity contribution in [3.63, 3.8) is 0 Å². The van der Waals surface area contributed by atoms with Crippen LogP contribution in [0.25, 0.3) is 0 Å². The van der Waals surface area contributed by atoms with Gasteiger partial charge in [-0.05, 0) is 38.5 Å². The lowest BCUT2D eigenvalue weighted by Crippen LogP contribution is -2.37. The van der Waals surface area contributed by atoms with Crippen molar-refractivity contribution in [3.05, 3.63) is 12.2 Å². The normalized spacial score (nSPS) is 13.6. The molecule has 0 radical (unpaired) electrons. The van der Waals surface area contributed by atoms with Crippen molar-refractivity contribution in [2.24, 2.45) is 0 Å². The average molecular weight is 802 g/mol. The van der Waals surface area contributed by atoms with Gasteiger partial charge >= 0.3 is 11.9 Å². The lowest BCUT2D eigenvalue weighted by molar-refractivity contribution is -0.870. The number of phosphoric ester groups is 1. The van der Waals surface area contributed by atoms with Crippen molar-refractivity contribution in [1.82, 2.24) is 0 Å². The average Bonchev–Trinajstić information content (AvgIpc) is 3.13. The van der Waals surface area contributed by atoms with Gasteiger partial charge in [0.2, 0.25) is 0 Å². The summed E-state index contributed by atoms with van der Waals surface area (Å²) in [7, 11) is 1.17. The molecule has 0 spiro atoms. The number of likely N-dealkylation sites (N-methyl/N-ethyl adjacent to an activating group) is 1. The van der Waals surface area contributed by atoms with Crippen LogP contribution in [0.4, 0.5) is 0 Å². The van der Waals surface area contributed by atoms with Crippen LogP contribution in [0.5, 0.6) is 0 Å². The first-order chi connectivity index (χ1) is 26.5. The van der Waals surface area contributed by atoms with Gasteiger partial charge in [-0.1, -0.05) is 174 Å². The smallest absolute Gasteiger partial charge is 0.306 e. The molecular weight excluding hydrogens is 713 g/mol. The molecule has 0 rings (SSSR count). The highest BCUT2D eigenvalue weighted by atomic mass is 31.2. The Hall–Kier alpha value is -1.25. The molecule has 0 aliphatic rings. The van der Waals surface area contributed by atoms with Crippen LogP contribution in [-0.2, 0) is 32.7 Å². The summed E-state index contributed by atoms with van der Waals surface area (Å²) in [6.45, 7) is 4.23. The number of unbranched alkanes of at least 4 members (excludes halogenated alkanes) is 26. The van der Waals surface area contributed by atoms with E-state index in [-0.39, 0.29) is 32.0 Å². The van der Waals surface area contributed by atoms with Gasteiger partial charge in [0, 0.05) is 12.8 Å². The van der Waals surface area contributed by atoms with Crippen LogP contribution in [0.15, 0.2) is 12.2 Å². The Morgan fingerprint density at radius 2 is 0.927 bits per heavy atom. The van der Waals surface area contributed by atoms with Gasteiger partial charge in [0.15, 0.2) is 6.10 Å². The standard InChI is InChI=1S/C45H88NO8P/c1-6-8-10-12-14-16-18-20-21-22-23-24-26-28-30-32-34-36-38-45(48)54-43(42-53-55(49,50)52-40-39-46(3,4)5)41-51-44(47)37-35-33-31-29-27-25-19-17-15-13-11-9-7-2/h17,19,43H,6-16,18,20-42H2,1-5H3/b19-17-/t43-/m1/s1. The van der Waals surface area contributed by atoms with Crippen LogP contribution in [0.3, 0.4) is 0 Å². The van der Waals surface area contributed by atoms with Gasteiger partial charge in [-0.15, -0.1) is 0 Å². The maximum atomic E-state index is 12.7. The van der Waals surface area contributed by atoms with Crippen molar-refractivity contribution >= 4 is 19.8 Å². The van der Waals surface area contributed by atoms with Crippen molar-refractivity contribution in [3.8, 4) is 0 Å². The summed E-state index contributed by atoms with van der Waals surface area (Å²) in [5.74, 6) is -0.834. The number of phosphoric acid groups is 1. The third-order valence-corrected chi connectivity index (χ3v) is 11.0. The SMILES string of the molecule is CCCCCC/C=C\CCCCCCCC(=O)OC[C@H](COP(=O)([O-])OCC[N+](C)(C)C)OC(=O)CCCCCCCCCCCCCCCCCCCC. The maximum absolute atomic E-state index is 12.7. The Labute approximate surface area is 339 Å². The molecule has 0 saturated carbocycles. The fraction of sp³-hybridized carbons (Fsp3) is 0.911. The molecule has 0 N–H and O–H groups in total. The zero-order valence-corrected chi connectivity index (χ0v) is 37.5. The number of rotatable bonds is 42. The molecule has 9 nitrogen and oxygen atoms in total. The summed E-state index contributed by atoms with van der Waals surface area (Å²) in [4.78, 5) is 37.5. The first-order valence-electron chi connectivity index (χ1n) is 22.9. The van der Waals surface area contributed by atoms with Crippen LogP contribution in [0, 0.1) is 0 Å². The molecule has 0 amide bonds. The molecule has 0 aromatic rings. The predicted molar refractivity (Wildman–Crippen MR) is 227 cm³/mol. The first-order valence-corrected chi connectivity index (χ1v) is 24.4. The van der Waals surface area contributed by atoms with Crippen LogP contribution in [0.2, 0.25) is 0 Å². The van der Waals surface area contributed by atoms with E-state index in [1.165, 1.54) is 128 Å². The Kier molecular flexibility index (Phi) is 37.4. The van der Waals surface area contributed by atoms with Gasteiger partial charge in [-0.25, -0.2) is 0 Å². The van der Waals surface area contributed by atoms with E-state index in [4.69, 9.17) is 18.5 Å². The van der Waals surface area contributed by atoms with Crippen LogP contribution in [0.1, 0.15) is 213 Å². The van der Waals surface area contributed by atoms with Crippen LogP contribution < -0.4 is 4.89 Å². The number of ether oxygens (including phenoxy) is 2. The number of carbonyl (C=O) groups is 2. The molecule has 55 heavy (non-hydrogen) atoms. The molecule has 10 heteroatoms. The molecule has 0 saturated heterocycles. The zero-order chi connectivity index (χ0) is 40.7. The van der Waals surface area contributed by atoms with E-state index in [0.717, 1.165) is 51.4 Å². The molecule has 0 fully saturated rings. The van der Waals surface area contributed by atoms with E-state index in [1.807, 2.05) is 21.1 Å². The number of nitrogens with zero attached hydrogens (tertiary/aromatic N) is 1. The van der Waals surface area contributed by atoms with E-state index >= 15 is 0 Å². The Bertz CT molecular complexity index is 954. The summed E-state index contributed by atoms with van der Waals surface area (Å²) in [6.07, 6.45) is 39.5. The van der Waals surface area contributed by atoms with Crippen LogP contribution in [-0.4, -0.2) is 70.0 Å². The van der Waals surface area contributed by atoms with Gasteiger partial charge < -0.3 is 27.9 Å². The van der Waals surface area contributed by atoms with E-state index in [2.05, 4.69) is 26.0 Å². The van der Waals surface area contributed by atoms with E-state index in [1.54, 1.807) is 0 Å². The second-order valence-electron chi connectivity index (χ2n) is 16.8. The minimum atomic E-state index is -4.62. The molecule has 326 valence electrons. The van der Waals surface area contributed by atoms with Crippen LogP contribution >= 0.6 is 7.82 Å². The lowest BCUT2D eigenvalue weighted by atomic mass is 10.0. The first kappa shape index (κ1) is 53.8. The highest BCUT2D eigenvalue weighted by Gasteiger charge is 2.21. The maximum Gasteiger partial charge on any atom is 0.306 e. The summed E-state index contributed by atoms with van der Waals surface area (Å²) < 4.78 is 33.9. The molecule has 0 bridgehead atoms. The second kappa shape index (κ2) is 38.3. The minimum absolute atomic E-state index is 0.0289. The Balaban J connectivity index is 4.29. The second-order valence-corrected chi connectivity index (χ2v) is 18.2. The number of allylic oxidation sites excluding steroid dienone is 2. The number of hydrogen-bond donors (Lipinski definition) is 0. The molecule has 0 aliphatic carbocycles. The highest BCUT2D eigenvalue weighted by molar-refractivity contribution is 7.45. The summed E-state index contributed by atoms with van der Waals surface area (Å²) >= 11 is 0. The molecule has 0 aromatic carbocycles. The zero-order valence-electron chi connectivity index (χ0n) is 36.6. The molecular formula is C45H88NO8P.